The van der Waals surface area contributed by atoms with Gasteiger partial charge in [0, 0.05) is 83.3 Å². The van der Waals surface area contributed by atoms with Crippen LogP contribution in [0.1, 0.15) is 90.2 Å². The summed E-state index contributed by atoms with van der Waals surface area (Å²) in [6.45, 7) is 9.06. The van der Waals surface area contributed by atoms with Gasteiger partial charge in [-0.1, -0.05) is 27.7 Å². The first-order valence-electron chi connectivity index (χ1n) is 15.0. The predicted molar refractivity (Wildman–Crippen MR) is 168 cm³/mol. The van der Waals surface area contributed by atoms with E-state index in [-0.39, 0.29) is 58.1 Å². The Bertz CT molecular complexity index is 1350. The molecular weight excluding hydrogens is 572 g/mol. The van der Waals surface area contributed by atoms with Gasteiger partial charge in [-0.15, -0.1) is 23.5 Å². The van der Waals surface area contributed by atoms with Crippen LogP contribution in [0.25, 0.3) is 0 Å². The van der Waals surface area contributed by atoms with Crippen molar-refractivity contribution in [2.75, 3.05) is 11.5 Å². The maximum absolute atomic E-state index is 12.6. The van der Waals surface area contributed by atoms with E-state index in [9.17, 15) is 29.4 Å². The highest BCUT2D eigenvalue weighted by atomic mass is 32.2. The molecule has 0 bridgehead atoms. The fraction of sp³-hybridized carbons (Fsp3) is 0.625. The third kappa shape index (κ3) is 8.13. The molecule has 2 N–H and O–H groups in total. The molecule has 0 aromatic carbocycles. The first kappa shape index (κ1) is 32.5. The van der Waals surface area contributed by atoms with Crippen LogP contribution in [-0.2, 0) is 35.5 Å². The van der Waals surface area contributed by atoms with Gasteiger partial charge in [0.15, 0.2) is 11.8 Å². The zero-order valence-corrected chi connectivity index (χ0v) is 26.9. The Morgan fingerprint density at radius 3 is 1.45 bits per heavy atom. The number of pyridine rings is 2. The minimum Gasteiger partial charge on any atom is -0.494 e. The molecular formula is C32H44N2O6S2. The Morgan fingerprint density at radius 1 is 0.690 bits per heavy atom. The Labute approximate surface area is 256 Å². The molecule has 230 valence electrons. The van der Waals surface area contributed by atoms with Gasteiger partial charge in [0.1, 0.15) is 11.6 Å². The molecule has 0 radical (unpaired) electrons. The fourth-order valence-corrected chi connectivity index (χ4v) is 7.71. The summed E-state index contributed by atoms with van der Waals surface area (Å²) in [5.74, 6) is 2.03. The number of carbonyl (C=O) groups is 2. The average Bonchev–Trinajstić information content (AvgIpc) is 3.59. The van der Waals surface area contributed by atoms with Crippen LogP contribution in [0.3, 0.4) is 0 Å². The van der Waals surface area contributed by atoms with Gasteiger partial charge in [0.25, 0.3) is 11.1 Å². The summed E-state index contributed by atoms with van der Waals surface area (Å²) in [4.78, 5) is 51.9. The summed E-state index contributed by atoms with van der Waals surface area (Å²) in [7, 11) is 0. The maximum Gasteiger partial charge on any atom is 0.254 e. The summed E-state index contributed by atoms with van der Waals surface area (Å²) in [5, 5.41) is 21.2. The molecule has 0 saturated heterocycles. The largest absolute Gasteiger partial charge is 0.494 e. The number of nitrogens with zero attached hydrogens (tertiary/aromatic N) is 2. The molecule has 0 aliphatic carbocycles. The quantitative estimate of drug-likeness (QED) is 0.261. The molecule has 0 spiro atoms. The lowest BCUT2D eigenvalue weighted by atomic mass is 9.82. The van der Waals surface area contributed by atoms with Crippen molar-refractivity contribution in [3.8, 4) is 11.8 Å². The number of hydrogen-bond acceptors (Lipinski definition) is 8. The number of rotatable bonds is 15. The van der Waals surface area contributed by atoms with Crippen LogP contribution in [-0.4, -0.2) is 42.4 Å². The average molecular weight is 617 g/mol. The highest BCUT2D eigenvalue weighted by Crippen LogP contribution is 2.37. The molecule has 0 atom stereocenters. The van der Waals surface area contributed by atoms with Crippen molar-refractivity contribution < 1.29 is 19.8 Å². The molecule has 2 aliphatic rings. The number of aromatic nitrogens is 2. The highest BCUT2D eigenvalue weighted by Gasteiger charge is 2.25. The van der Waals surface area contributed by atoms with E-state index >= 15 is 0 Å². The lowest BCUT2D eigenvalue weighted by Crippen LogP contribution is -2.24. The van der Waals surface area contributed by atoms with Gasteiger partial charge < -0.3 is 10.2 Å². The molecule has 0 amide bonds. The van der Waals surface area contributed by atoms with E-state index in [1.54, 1.807) is 35.7 Å². The second-order valence-electron chi connectivity index (χ2n) is 13.2. The number of Topliss-reactive ketones (excluding diaryl/α,β-unsaturated/α-hetero) is 2. The highest BCUT2D eigenvalue weighted by molar-refractivity contribution is 7.99. The topological polar surface area (TPSA) is 119 Å². The summed E-state index contributed by atoms with van der Waals surface area (Å²) >= 11 is 3.20. The summed E-state index contributed by atoms with van der Waals surface area (Å²) < 4.78 is 2.89. The van der Waals surface area contributed by atoms with Crippen molar-refractivity contribution in [2.45, 2.75) is 115 Å². The molecule has 4 heterocycles. The van der Waals surface area contributed by atoms with Crippen molar-refractivity contribution >= 4 is 35.1 Å². The zero-order valence-electron chi connectivity index (χ0n) is 25.3. The third-order valence-electron chi connectivity index (χ3n) is 8.77. The van der Waals surface area contributed by atoms with Crippen LogP contribution in [0, 0.1) is 10.8 Å². The maximum atomic E-state index is 12.6. The summed E-state index contributed by atoms with van der Waals surface area (Å²) in [6.07, 6.45) is 5.36. The molecule has 10 heteroatoms. The molecule has 0 unspecified atom stereocenters. The van der Waals surface area contributed by atoms with E-state index in [1.165, 1.54) is 9.13 Å². The number of aromatic hydroxyl groups is 2. The van der Waals surface area contributed by atoms with E-state index in [0.29, 0.717) is 51.6 Å². The van der Waals surface area contributed by atoms with Gasteiger partial charge in [-0.3, -0.25) is 28.3 Å². The van der Waals surface area contributed by atoms with E-state index in [0.717, 1.165) is 45.3 Å². The Hall–Kier alpha value is -2.46. The molecule has 2 aromatic heterocycles. The van der Waals surface area contributed by atoms with Gasteiger partial charge in [-0.25, -0.2) is 0 Å². The zero-order chi connectivity index (χ0) is 30.7. The van der Waals surface area contributed by atoms with E-state index in [4.69, 9.17) is 0 Å². The number of thioether (sulfide) groups is 2. The van der Waals surface area contributed by atoms with E-state index < -0.39 is 0 Å². The number of hydrogen-bond donors (Lipinski definition) is 2. The van der Waals surface area contributed by atoms with Crippen LogP contribution in [0.5, 0.6) is 11.8 Å². The molecule has 42 heavy (non-hydrogen) atoms. The van der Waals surface area contributed by atoms with Gasteiger partial charge in [-0.2, -0.15) is 0 Å². The molecule has 8 nitrogen and oxygen atoms in total. The normalized spacial score (nSPS) is 14.7. The summed E-state index contributed by atoms with van der Waals surface area (Å²) in [6, 6.07) is 3.22. The van der Waals surface area contributed by atoms with E-state index in [1.807, 2.05) is 0 Å². The first-order valence-corrected chi connectivity index (χ1v) is 16.9. The van der Waals surface area contributed by atoms with Crippen LogP contribution >= 0.6 is 23.5 Å². The first-order chi connectivity index (χ1) is 19.8. The Kier molecular flexibility index (Phi) is 10.4. The van der Waals surface area contributed by atoms with Crippen LogP contribution < -0.4 is 11.1 Å². The second-order valence-corrected chi connectivity index (χ2v) is 15.5. The van der Waals surface area contributed by atoms with Crippen LogP contribution in [0.15, 0.2) is 31.5 Å². The third-order valence-corrected chi connectivity index (χ3v) is 10.9. The van der Waals surface area contributed by atoms with Gasteiger partial charge in [-0.05, 0) is 49.4 Å². The minimum atomic E-state index is -0.197. The smallest absolute Gasteiger partial charge is 0.254 e. The van der Waals surface area contributed by atoms with Gasteiger partial charge >= 0.3 is 0 Å². The number of ketones is 2. The summed E-state index contributed by atoms with van der Waals surface area (Å²) in [5.41, 5.74) is 0.935. The van der Waals surface area contributed by atoms with Crippen molar-refractivity contribution in [2.24, 2.45) is 10.8 Å². The van der Waals surface area contributed by atoms with Crippen molar-refractivity contribution in [1.82, 2.24) is 9.13 Å². The lowest BCUT2D eigenvalue weighted by Gasteiger charge is -2.25. The van der Waals surface area contributed by atoms with Crippen molar-refractivity contribution in [3.63, 3.8) is 0 Å². The SMILES string of the molecule is CC(C)(CCC(=O)CCC(=O)CCC(C)(C)CCn1c(O)c2c(cc1=O)SCC2)CCn1c(O)c2c(cc1=O)SCC2. The molecule has 0 fully saturated rings. The monoisotopic (exact) mass is 616 g/mol. The molecule has 2 aliphatic heterocycles. The fourth-order valence-electron chi connectivity index (χ4n) is 5.56. The van der Waals surface area contributed by atoms with Gasteiger partial charge in [0.2, 0.25) is 0 Å². The minimum absolute atomic E-state index is 0.0647. The Balaban J connectivity index is 1.17. The molecule has 0 saturated carbocycles. The molecule has 2 aromatic rings. The number of carbonyl (C=O) groups excluding carboxylic acids is 2. The van der Waals surface area contributed by atoms with Crippen molar-refractivity contribution in [1.29, 1.82) is 0 Å². The lowest BCUT2D eigenvalue weighted by molar-refractivity contribution is -0.124. The van der Waals surface area contributed by atoms with Crippen molar-refractivity contribution in [3.05, 3.63) is 44.0 Å². The standard InChI is InChI=1S/C32H44N2O6S2/c1-31(2,13-15-33-27(37)19-25-23(29(33)39)9-17-41-25)11-7-21(35)5-6-22(36)8-12-32(3,4)14-16-34-28(38)20-26-24(30(34)40)10-18-42-26/h19-20,39-40H,5-18H2,1-4H3. The molecule has 4 rings (SSSR count). The second kappa shape index (κ2) is 13.5. The van der Waals surface area contributed by atoms with Crippen LogP contribution in [0.4, 0.5) is 0 Å². The van der Waals surface area contributed by atoms with Gasteiger partial charge in [0.05, 0.1) is 0 Å². The predicted octanol–water partition coefficient (Wildman–Crippen LogP) is 5.73. The Morgan fingerprint density at radius 2 is 1.07 bits per heavy atom. The number of fused-ring (bicyclic) bond motifs is 2. The van der Waals surface area contributed by atoms with Crippen LogP contribution in [0.2, 0.25) is 0 Å². The van der Waals surface area contributed by atoms with E-state index in [2.05, 4.69) is 27.7 Å².